The monoisotopic (exact) mass is 456 g/mol. The van der Waals surface area contributed by atoms with Crippen LogP contribution >= 0.6 is 24.1 Å². The van der Waals surface area contributed by atoms with Crippen LogP contribution in [0.3, 0.4) is 0 Å². The quantitative estimate of drug-likeness (QED) is 0.492. The van der Waals surface area contributed by atoms with Crippen molar-refractivity contribution < 1.29 is 8.99 Å². The summed E-state index contributed by atoms with van der Waals surface area (Å²) < 4.78 is 14.9. The summed E-state index contributed by atoms with van der Waals surface area (Å²) in [6.07, 6.45) is 6.67. The lowest BCUT2D eigenvalue weighted by atomic mass is 9.99. The first-order chi connectivity index (χ1) is 14.9. The average Bonchev–Trinajstić information content (AvgIpc) is 3.47. The third-order valence-electron chi connectivity index (χ3n) is 6.10. The molecule has 162 valence electrons. The van der Waals surface area contributed by atoms with Crippen molar-refractivity contribution in [3.8, 4) is 0 Å². The first-order valence-electron chi connectivity index (χ1n) is 10.6. The van der Waals surface area contributed by atoms with Gasteiger partial charge in [-0.2, -0.15) is 4.98 Å². The number of nitrogens with one attached hydrogen (secondary N) is 1. The Morgan fingerprint density at radius 1 is 1.03 bits per heavy atom. The summed E-state index contributed by atoms with van der Waals surface area (Å²) in [5, 5.41) is 18.4. The van der Waals surface area contributed by atoms with Crippen molar-refractivity contribution in [2.45, 2.75) is 68.0 Å². The summed E-state index contributed by atoms with van der Waals surface area (Å²) in [5.41, 5.74) is 6.62. The molecule has 0 amide bonds. The number of benzene rings is 2. The van der Waals surface area contributed by atoms with E-state index in [9.17, 15) is 8.99 Å². The van der Waals surface area contributed by atoms with Gasteiger partial charge in [-0.3, -0.25) is 0 Å². The molecule has 0 atom stereocenters. The second-order valence-corrected chi connectivity index (χ2v) is 10.2. The number of nitrogens with zero attached hydrogens (tertiary/aromatic N) is 3. The van der Waals surface area contributed by atoms with E-state index in [-0.39, 0.29) is 12.3 Å². The molecule has 1 aromatic heterocycles. The number of hydrogen-bond donors (Lipinski definition) is 2. The lowest BCUT2D eigenvalue weighted by Crippen LogP contribution is -2.14. The van der Waals surface area contributed by atoms with Gasteiger partial charge in [0, 0.05) is 10.6 Å². The number of aromatic nitrogens is 3. The van der Waals surface area contributed by atoms with E-state index >= 15 is 0 Å². The molecule has 0 unspecified atom stereocenters. The Morgan fingerprint density at radius 2 is 1.68 bits per heavy atom. The molecule has 3 aromatic rings. The fraction of sp³-hybridized carbons (Fsp3) is 0.391. The standard InChI is InChI=1S/C23H25FN4OS2/c1-23(2,29)16-9-11-17(12-10-16)30-22-26-21(28(27-22)31-24)25-20-18-7-3-5-14(18)13-15-6-4-8-19(15)20/h9-13,29H,3-8H2,1-2H3,(H,25,26,27). The van der Waals surface area contributed by atoms with E-state index in [1.165, 1.54) is 50.9 Å². The third kappa shape index (κ3) is 4.08. The maximum absolute atomic E-state index is 13.7. The minimum Gasteiger partial charge on any atom is -0.386 e. The molecular formula is C23H25FN4OS2. The van der Waals surface area contributed by atoms with Crippen LogP contribution in [-0.4, -0.2) is 19.3 Å². The van der Waals surface area contributed by atoms with Crippen molar-refractivity contribution in [1.29, 1.82) is 0 Å². The largest absolute Gasteiger partial charge is 0.386 e. The van der Waals surface area contributed by atoms with Crippen molar-refractivity contribution in [1.82, 2.24) is 14.2 Å². The number of aryl methyl sites for hydroxylation is 2. The summed E-state index contributed by atoms with van der Waals surface area (Å²) >= 11 is 1.43. The van der Waals surface area contributed by atoms with Crippen LogP contribution in [0.4, 0.5) is 15.5 Å². The predicted molar refractivity (Wildman–Crippen MR) is 124 cm³/mol. The van der Waals surface area contributed by atoms with Gasteiger partial charge >= 0.3 is 0 Å². The molecule has 0 saturated heterocycles. The smallest absolute Gasteiger partial charge is 0.239 e. The molecule has 1 heterocycles. The molecule has 2 aliphatic rings. The lowest BCUT2D eigenvalue weighted by molar-refractivity contribution is 0.0785. The molecule has 0 aliphatic heterocycles. The van der Waals surface area contributed by atoms with Gasteiger partial charge in [0.1, 0.15) is 0 Å². The summed E-state index contributed by atoms with van der Waals surface area (Å²) in [5.74, 6) is 0.414. The SMILES string of the molecule is CC(C)(O)c1ccc(Sc2nc(Nc3c4c(cc5c3CCC5)CCC4)n(SF)n2)cc1. The maximum Gasteiger partial charge on any atom is 0.239 e. The second kappa shape index (κ2) is 8.15. The number of hydrogen-bond acceptors (Lipinski definition) is 6. The van der Waals surface area contributed by atoms with Crippen LogP contribution in [0, 0.1) is 0 Å². The number of aliphatic hydroxyl groups is 1. The highest BCUT2D eigenvalue weighted by molar-refractivity contribution is 7.99. The van der Waals surface area contributed by atoms with Crippen LogP contribution in [0.1, 0.15) is 54.5 Å². The highest BCUT2D eigenvalue weighted by Gasteiger charge is 2.25. The van der Waals surface area contributed by atoms with E-state index in [0.29, 0.717) is 11.1 Å². The van der Waals surface area contributed by atoms with E-state index in [2.05, 4.69) is 21.5 Å². The Labute approximate surface area is 190 Å². The summed E-state index contributed by atoms with van der Waals surface area (Å²) in [7, 11) is 0. The van der Waals surface area contributed by atoms with Crippen molar-refractivity contribution in [3.05, 3.63) is 58.1 Å². The maximum atomic E-state index is 13.7. The van der Waals surface area contributed by atoms with Crippen molar-refractivity contribution in [3.63, 3.8) is 0 Å². The van der Waals surface area contributed by atoms with Crippen LogP contribution in [0.25, 0.3) is 0 Å². The zero-order valence-corrected chi connectivity index (χ0v) is 19.2. The van der Waals surface area contributed by atoms with E-state index in [0.717, 1.165) is 41.8 Å². The van der Waals surface area contributed by atoms with Crippen LogP contribution in [0.5, 0.6) is 0 Å². The Morgan fingerprint density at radius 3 is 2.26 bits per heavy atom. The molecule has 0 spiro atoms. The van der Waals surface area contributed by atoms with E-state index in [1.807, 2.05) is 24.3 Å². The van der Waals surface area contributed by atoms with Gasteiger partial charge in [-0.05, 0) is 104 Å². The fourth-order valence-electron chi connectivity index (χ4n) is 4.56. The Bertz CT molecular complexity index is 1090. The molecule has 0 radical (unpaired) electrons. The molecule has 5 rings (SSSR count). The van der Waals surface area contributed by atoms with Gasteiger partial charge in [0.15, 0.2) is 12.3 Å². The molecule has 8 heteroatoms. The van der Waals surface area contributed by atoms with Gasteiger partial charge in [0.2, 0.25) is 11.1 Å². The van der Waals surface area contributed by atoms with Gasteiger partial charge < -0.3 is 10.4 Å². The van der Waals surface area contributed by atoms with Gasteiger partial charge in [0.25, 0.3) is 0 Å². The molecular weight excluding hydrogens is 431 g/mol. The van der Waals surface area contributed by atoms with Gasteiger partial charge in [-0.25, -0.2) is 0 Å². The van der Waals surface area contributed by atoms with Crippen molar-refractivity contribution in [2.24, 2.45) is 0 Å². The Hall–Kier alpha value is -2.03. The highest BCUT2D eigenvalue weighted by atomic mass is 32.2. The molecule has 5 nitrogen and oxygen atoms in total. The van der Waals surface area contributed by atoms with Crippen molar-refractivity contribution in [2.75, 3.05) is 5.32 Å². The molecule has 2 aromatic carbocycles. The Kier molecular flexibility index (Phi) is 5.48. The lowest BCUT2D eigenvalue weighted by Gasteiger charge is -2.17. The zero-order chi connectivity index (χ0) is 21.6. The minimum atomic E-state index is -0.888. The number of anilines is 2. The zero-order valence-electron chi connectivity index (χ0n) is 17.6. The van der Waals surface area contributed by atoms with E-state index in [1.54, 1.807) is 13.8 Å². The van der Waals surface area contributed by atoms with Gasteiger partial charge in [-0.15, -0.1) is 13.1 Å². The number of halogens is 1. The topological polar surface area (TPSA) is 63.0 Å². The molecule has 2 aliphatic carbocycles. The normalized spacial score (nSPS) is 15.2. The number of fused-ring (bicyclic) bond motifs is 2. The summed E-state index contributed by atoms with van der Waals surface area (Å²) in [6, 6.07) is 10.00. The van der Waals surface area contributed by atoms with Gasteiger partial charge in [0.05, 0.1) is 5.60 Å². The molecule has 0 bridgehead atoms. The van der Waals surface area contributed by atoms with Crippen LogP contribution in [-0.2, 0) is 31.3 Å². The molecule has 0 saturated carbocycles. The van der Waals surface area contributed by atoms with Crippen molar-refractivity contribution >= 4 is 35.7 Å². The third-order valence-corrected chi connectivity index (χ3v) is 7.35. The average molecular weight is 457 g/mol. The molecule has 2 N–H and O–H groups in total. The summed E-state index contributed by atoms with van der Waals surface area (Å²) in [6.45, 7) is 3.51. The van der Waals surface area contributed by atoms with Gasteiger partial charge in [-0.1, -0.05) is 18.2 Å². The van der Waals surface area contributed by atoms with E-state index < -0.39 is 5.60 Å². The predicted octanol–water partition coefficient (Wildman–Crippen LogP) is 5.76. The number of rotatable bonds is 6. The van der Waals surface area contributed by atoms with E-state index in [4.69, 9.17) is 0 Å². The Balaban J connectivity index is 1.42. The first kappa shape index (κ1) is 20.8. The minimum absolute atomic E-state index is 0.0526. The van der Waals surface area contributed by atoms with Crippen LogP contribution < -0.4 is 5.32 Å². The van der Waals surface area contributed by atoms with Crippen LogP contribution in [0.15, 0.2) is 40.4 Å². The highest BCUT2D eigenvalue weighted by Crippen LogP contribution is 2.40. The second-order valence-electron chi connectivity index (χ2n) is 8.70. The first-order valence-corrected chi connectivity index (χ1v) is 12.1. The molecule has 31 heavy (non-hydrogen) atoms. The van der Waals surface area contributed by atoms with Crippen LogP contribution in [0.2, 0.25) is 0 Å². The fourth-order valence-corrected chi connectivity index (χ4v) is 5.61. The summed E-state index contributed by atoms with van der Waals surface area (Å²) in [4.78, 5) is 5.52. The molecule has 0 fully saturated rings.